The summed E-state index contributed by atoms with van der Waals surface area (Å²) in [6, 6.07) is 8.50. The molecule has 0 saturated carbocycles. The molecule has 0 aliphatic rings. The van der Waals surface area contributed by atoms with Crippen LogP contribution in [0.2, 0.25) is 0 Å². The van der Waals surface area contributed by atoms with E-state index in [0.29, 0.717) is 0 Å². The van der Waals surface area contributed by atoms with Crippen molar-refractivity contribution < 1.29 is 0 Å². The Balaban J connectivity index is 3.10. The topological polar surface area (TPSA) is 0 Å². The van der Waals surface area contributed by atoms with Gasteiger partial charge in [0.2, 0.25) is 0 Å². The van der Waals surface area contributed by atoms with Gasteiger partial charge >= 0.3 is 0 Å². The first-order valence-corrected chi connectivity index (χ1v) is 4.27. The van der Waals surface area contributed by atoms with Gasteiger partial charge in [0.05, 0.1) is 0 Å². The minimum atomic E-state index is 0.235. The van der Waals surface area contributed by atoms with E-state index < -0.39 is 0 Å². The number of rotatable bonds is 1. The largest absolute Gasteiger partial charge is 0.0985 e. The van der Waals surface area contributed by atoms with Crippen LogP contribution in [0.1, 0.15) is 31.9 Å². The Hall–Kier alpha value is -1.04. The predicted octanol–water partition coefficient (Wildman–Crippen LogP) is 3.63. The molecule has 1 rings (SSSR count). The highest BCUT2D eigenvalue weighted by molar-refractivity contribution is 5.48. The van der Waals surface area contributed by atoms with Gasteiger partial charge in [-0.05, 0) is 16.5 Å². The molecule has 0 N–H and O–H groups in total. The standard InChI is InChI=1S/C12H16/c1-5-10-7-6-8-11(9-10)12(2,3)4/h5-9H,1H2,2-4H3. The van der Waals surface area contributed by atoms with E-state index in [1.165, 1.54) is 11.1 Å². The van der Waals surface area contributed by atoms with Crippen molar-refractivity contribution in [2.24, 2.45) is 0 Å². The number of hydrogen-bond acceptors (Lipinski definition) is 0. The number of hydrogen-bond donors (Lipinski definition) is 0. The maximum Gasteiger partial charge on any atom is -0.0132 e. The Kier molecular flexibility index (Phi) is 2.37. The fourth-order valence-electron chi connectivity index (χ4n) is 1.13. The predicted molar refractivity (Wildman–Crippen MR) is 55.2 cm³/mol. The molecule has 0 amide bonds. The van der Waals surface area contributed by atoms with Gasteiger partial charge in [-0.2, -0.15) is 0 Å². The Bertz CT molecular complexity index is 276. The molecular weight excluding hydrogens is 144 g/mol. The molecule has 0 aromatic heterocycles. The van der Waals surface area contributed by atoms with Crippen molar-refractivity contribution in [1.29, 1.82) is 0 Å². The molecule has 0 heteroatoms. The average Bonchev–Trinajstić information content (AvgIpc) is 2.03. The van der Waals surface area contributed by atoms with Gasteiger partial charge in [0.15, 0.2) is 0 Å². The van der Waals surface area contributed by atoms with Crippen molar-refractivity contribution in [2.45, 2.75) is 26.2 Å². The van der Waals surface area contributed by atoms with Crippen molar-refractivity contribution in [3.05, 3.63) is 42.0 Å². The molecule has 0 atom stereocenters. The maximum atomic E-state index is 3.75. The molecule has 0 saturated heterocycles. The lowest BCUT2D eigenvalue weighted by atomic mass is 9.86. The molecule has 0 spiro atoms. The molecule has 0 fully saturated rings. The van der Waals surface area contributed by atoms with Crippen molar-refractivity contribution in [1.82, 2.24) is 0 Å². The molecular formula is C12H16. The van der Waals surface area contributed by atoms with E-state index >= 15 is 0 Å². The third-order valence-electron chi connectivity index (χ3n) is 1.99. The van der Waals surface area contributed by atoms with Crippen LogP contribution in [0.25, 0.3) is 6.08 Å². The van der Waals surface area contributed by atoms with Crippen molar-refractivity contribution in [3.63, 3.8) is 0 Å². The average molecular weight is 160 g/mol. The maximum absolute atomic E-state index is 3.75. The summed E-state index contributed by atoms with van der Waals surface area (Å²) < 4.78 is 0. The molecule has 12 heavy (non-hydrogen) atoms. The van der Waals surface area contributed by atoms with Crippen LogP contribution in [-0.4, -0.2) is 0 Å². The van der Waals surface area contributed by atoms with Crippen LogP contribution >= 0.6 is 0 Å². The second-order valence-electron chi connectivity index (χ2n) is 4.08. The highest BCUT2D eigenvalue weighted by Crippen LogP contribution is 2.22. The van der Waals surface area contributed by atoms with Crippen LogP contribution in [0.4, 0.5) is 0 Å². The van der Waals surface area contributed by atoms with Crippen LogP contribution < -0.4 is 0 Å². The van der Waals surface area contributed by atoms with Gasteiger partial charge < -0.3 is 0 Å². The van der Waals surface area contributed by atoms with Gasteiger partial charge in [-0.25, -0.2) is 0 Å². The Labute approximate surface area is 74.9 Å². The van der Waals surface area contributed by atoms with E-state index in [2.05, 4.69) is 51.6 Å². The molecule has 1 aromatic rings. The summed E-state index contributed by atoms with van der Waals surface area (Å²) in [6.45, 7) is 10.4. The summed E-state index contributed by atoms with van der Waals surface area (Å²) in [5.41, 5.74) is 2.79. The van der Waals surface area contributed by atoms with Gasteiger partial charge in [-0.1, -0.05) is 57.7 Å². The van der Waals surface area contributed by atoms with Gasteiger partial charge in [0.1, 0.15) is 0 Å². The summed E-state index contributed by atoms with van der Waals surface area (Å²) in [5, 5.41) is 0. The second kappa shape index (κ2) is 3.14. The van der Waals surface area contributed by atoms with E-state index in [9.17, 15) is 0 Å². The van der Waals surface area contributed by atoms with E-state index in [4.69, 9.17) is 0 Å². The third-order valence-corrected chi connectivity index (χ3v) is 1.99. The fourth-order valence-corrected chi connectivity index (χ4v) is 1.13. The first kappa shape index (κ1) is 9.05. The van der Waals surface area contributed by atoms with Gasteiger partial charge in [0.25, 0.3) is 0 Å². The quantitative estimate of drug-likeness (QED) is 0.588. The molecule has 0 aliphatic heterocycles. The molecule has 0 radical (unpaired) electrons. The fraction of sp³-hybridized carbons (Fsp3) is 0.333. The van der Waals surface area contributed by atoms with Crippen molar-refractivity contribution in [2.75, 3.05) is 0 Å². The minimum Gasteiger partial charge on any atom is -0.0985 e. The highest BCUT2D eigenvalue weighted by atomic mass is 14.2. The Morgan fingerprint density at radius 3 is 2.42 bits per heavy atom. The highest BCUT2D eigenvalue weighted by Gasteiger charge is 2.12. The van der Waals surface area contributed by atoms with Crippen molar-refractivity contribution >= 4 is 6.08 Å². The normalized spacial score (nSPS) is 11.2. The van der Waals surface area contributed by atoms with E-state index in [1.54, 1.807) is 0 Å². The molecule has 0 bridgehead atoms. The van der Waals surface area contributed by atoms with Gasteiger partial charge in [-0.3, -0.25) is 0 Å². The zero-order valence-corrected chi connectivity index (χ0v) is 8.09. The summed E-state index contributed by atoms with van der Waals surface area (Å²) >= 11 is 0. The van der Waals surface area contributed by atoms with Crippen molar-refractivity contribution in [3.8, 4) is 0 Å². The van der Waals surface area contributed by atoms with E-state index in [-0.39, 0.29) is 5.41 Å². The third kappa shape index (κ3) is 1.97. The monoisotopic (exact) mass is 160 g/mol. The lowest BCUT2D eigenvalue weighted by Gasteiger charge is -2.19. The molecule has 1 aromatic carbocycles. The van der Waals surface area contributed by atoms with Gasteiger partial charge in [-0.15, -0.1) is 0 Å². The zero-order valence-electron chi connectivity index (χ0n) is 8.09. The smallest absolute Gasteiger partial charge is 0.0132 e. The zero-order chi connectivity index (χ0) is 9.19. The summed E-state index contributed by atoms with van der Waals surface area (Å²) in [7, 11) is 0. The molecule has 0 aliphatic carbocycles. The molecule has 0 nitrogen and oxygen atoms in total. The first-order chi connectivity index (χ1) is 5.54. The van der Waals surface area contributed by atoms with E-state index in [0.717, 1.165) is 0 Å². The lowest BCUT2D eigenvalue weighted by molar-refractivity contribution is 0.590. The van der Waals surface area contributed by atoms with Crippen LogP contribution in [0, 0.1) is 0 Å². The van der Waals surface area contributed by atoms with Crippen LogP contribution in [-0.2, 0) is 5.41 Å². The molecule has 0 unspecified atom stereocenters. The Morgan fingerprint density at radius 2 is 1.92 bits per heavy atom. The van der Waals surface area contributed by atoms with Gasteiger partial charge in [0, 0.05) is 0 Å². The SMILES string of the molecule is C=Cc1cccc(C(C)(C)C)c1. The lowest BCUT2D eigenvalue weighted by Crippen LogP contribution is -2.10. The summed E-state index contributed by atoms with van der Waals surface area (Å²) in [6.07, 6.45) is 1.88. The van der Waals surface area contributed by atoms with E-state index in [1.807, 2.05) is 6.08 Å². The van der Waals surface area contributed by atoms with Crippen LogP contribution in [0.15, 0.2) is 30.8 Å². The van der Waals surface area contributed by atoms with Crippen LogP contribution in [0.5, 0.6) is 0 Å². The number of benzene rings is 1. The summed E-state index contributed by atoms with van der Waals surface area (Å²) in [5.74, 6) is 0. The summed E-state index contributed by atoms with van der Waals surface area (Å²) in [4.78, 5) is 0. The molecule has 64 valence electrons. The van der Waals surface area contributed by atoms with Crippen LogP contribution in [0.3, 0.4) is 0 Å². The first-order valence-electron chi connectivity index (χ1n) is 4.27. The molecule has 0 heterocycles. The second-order valence-corrected chi connectivity index (χ2v) is 4.08. The Morgan fingerprint density at radius 1 is 1.25 bits per heavy atom. The minimum absolute atomic E-state index is 0.235.